The third-order valence-corrected chi connectivity index (χ3v) is 4.84. The molecule has 0 aliphatic heterocycles. The van der Waals surface area contributed by atoms with Crippen molar-refractivity contribution in [2.75, 3.05) is 12.4 Å². The number of esters is 1. The van der Waals surface area contributed by atoms with Crippen LogP contribution < -0.4 is 11.1 Å². The summed E-state index contributed by atoms with van der Waals surface area (Å²) in [6.45, 7) is 5.80. The Bertz CT molecular complexity index is 1100. The Hall–Kier alpha value is -3.38. The van der Waals surface area contributed by atoms with Gasteiger partial charge in [0.05, 0.1) is 7.11 Å². The minimum absolute atomic E-state index is 0.129. The van der Waals surface area contributed by atoms with E-state index in [-0.39, 0.29) is 5.69 Å². The Morgan fingerprint density at radius 3 is 2.27 bits per heavy atom. The van der Waals surface area contributed by atoms with Gasteiger partial charge in [-0.2, -0.15) is 0 Å². The molecule has 0 saturated carbocycles. The van der Waals surface area contributed by atoms with Gasteiger partial charge in [0.2, 0.25) is 0 Å². The number of nitrogens with one attached hydrogen (secondary N) is 1. The third kappa shape index (κ3) is 4.60. The van der Waals surface area contributed by atoms with E-state index in [2.05, 4.69) is 15.3 Å². The summed E-state index contributed by atoms with van der Waals surface area (Å²) in [5, 5.41) is 3.81. The molecule has 7 heteroatoms. The molecule has 6 nitrogen and oxygen atoms in total. The molecule has 0 radical (unpaired) electrons. The summed E-state index contributed by atoms with van der Waals surface area (Å²) in [4.78, 5) is 21.4. The topological polar surface area (TPSA) is 90.1 Å². The highest BCUT2D eigenvalue weighted by molar-refractivity contribution is 6.30. The Morgan fingerprint density at radius 2 is 1.70 bits per heavy atom. The average Bonchev–Trinajstić information content (AvgIpc) is 2.71. The predicted molar refractivity (Wildman–Crippen MR) is 120 cm³/mol. The molecule has 0 aliphatic rings. The minimum atomic E-state index is -0.562. The molecule has 3 rings (SSSR count). The first-order valence-corrected chi connectivity index (χ1v) is 9.71. The van der Waals surface area contributed by atoms with E-state index in [1.165, 1.54) is 13.2 Å². The maximum Gasteiger partial charge on any atom is 0.356 e. The molecule has 30 heavy (non-hydrogen) atoms. The highest BCUT2D eigenvalue weighted by atomic mass is 35.5. The van der Waals surface area contributed by atoms with E-state index in [0.717, 1.165) is 22.4 Å². The van der Waals surface area contributed by atoms with Crippen LogP contribution in [0.25, 0.3) is 5.57 Å². The fourth-order valence-electron chi connectivity index (χ4n) is 3.21. The molecule has 0 amide bonds. The van der Waals surface area contributed by atoms with Crippen molar-refractivity contribution in [1.29, 1.82) is 0 Å². The average molecular weight is 423 g/mol. The van der Waals surface area contributed by atoms with Crippen molar-refractivity contribution >= 4 is 34.6 Å². The monoisotopic (exact) mass is 422 g/mol. The van der Waals surface area contributed by atoms with E-state index in [0.29, 0.717) is 27.9 Å². The van der Waals surface area contributed by atoms with Crippen molar-refractivity contribution in [3.8, 4) is 0 Å². The summed E-state index contributed by atoms with van der Waals surface area (Å²) >= 11 is 5.96. The summed E-state index contributed by atoms with van der Waals surface area (Å²) in [6, 6.07) is 14.7. The summed E-state index contributed by atoms with van der Waals surface area (Å²) in [5.74, 6) is 0.216. The Balaban J connectivity index is 2.18. The van der Waals surface area contributed by atoms with Crippen LogP contribution in [0.15, 0.2) is 54.2 Å². The fourth-order valence-corrected chi connectivity index (χ4v) is 3.33. The lowest BCUT2D eigenvalue weighted by Crippen LogP contribution is -2.12. The van der Waals surface area contributed by atoms with Gasteiger partial charge in [0.25, 0.3) is 0 Å². The molecule has 1 heterocycles. The highest BCUT2D eigenvalue weighted by Gasteiger charge is 2.20. The number of methoxy groups -OCH3 is 1. The second-order valence-electron chi connectivity index (χ2n) is 6.91. The van der Waals surface area contributed by atoms with Crippen molar-refractivity contribution in [2.45, 2.75) is 20.8 Å². The van der Waals surface area contributed by atoms with E-state index in [9.17, 15) is 4.79 Å². The number of carbonyl (C=O) groups excluding carboxylic acids is 1. The van der Waals surface area contributed by atoms with Crippen LogP contribution in [0.1, 0.15) is 39.9 Å². The molecule has 3 aromatic rings. The number of carbonyl (C=O) groups is 1. The van der Waals surface area contributed by atoms with Gasteiger partial charge >= 0.3 is 5.97 Å². The summed E-state index contributed by atoms with van der Waals surface area (Å²) in [7, 11) is 1.31. The van der Waals surface area contributed by atoms with Crippen LogP contribution in [0.5, 0.6) is 0 Å². The fraction of sp³-hybridized carbons (Fsp3) is 0.174. The van der Waals surface area contributed by atoms with Gasteiger partial charge in [0.15, 0.2) is 11.5 Å². The van der Waals surface area contributed by atoms with Crippen molar-refractivity contribution < 1.29 is 9.53 Å². The van der Waals surface area contributed by atoms with Crippen LogP contribution in [-0.4, -0.2) is 23.0 Å². The lowest BCUT2D eigenvalue weighted by molar-refractivity contribution is 0.0593. The second-order valence-corrected chi connectivity index (χ2v) is 7.35. The number of allylic oxidation sites excluding steroid dienone is 1. The number of benzene rings is 2. The summed E-state index contributed by atoms with van der Waals surface area (Å²) in [6.07, 6.45) is 0. The normalized spacial score (nSPS) is 11.6. The molecular weight excluding hydrogens is 400 g/mol. The van der Waals surface area contributed by atoms with E-state index >= 15 is 0 Å². The molecule has 0 aliphatic carbocycles. The van der Waals surface area contributed by atoms with Crippen LogP contribution >= 0.6 is 11.6 Å². The molecule has 0 fully saturated rings. The van der Waals surface area contributed by atoms with Crippen LogP contribution in [-0.2, 0) is 4.74 Å². The highest BCUT2D eigenvalue weighted by Crippen LogP contribution is 2.30. The van der Waals surface area contributed by atoms with Crippen molar-refractivity contribution in [3.05, 3.63) is 87.5 Å². The molecule has 2 aromatic carbocycles. The van der Waals surface area contributed by atoms with Crippen molar-refractivity contribution in [3.63, 3.8) is 0 Å². The van der Waals surface area contributed by atoms with Crippen LogP contribution in [0, 0.1) is 13.8 Å². The molecular formula is C23H23ClN4O2. The van der Waals surface area contributed by atoms with Crippen LogP contribution in [0.3, 0.4) is 0 Å². The molecule has 154 valence electrons. The number of nitrogens with two attached hydrogens (primary N) is 1. The van der Waals surface area contributed by atoms with Crippen LogP contribution in [0.2, 0.25) is 5.02 Å². The van der Waals surface area contributed by atoms with Gasteiger partial charge in [-0.3, -0.25) is 0 Å². The van der Waals surface area contributed by atoms with Crippen LogP contribution in [0.4, 0.5) is 11.5 Å². The van der Waals surface area contributed by atoms with E-state index in [4.69, 9.17) is 22.1 Å². The molecule has 0 bridgehead atoms. The van der Waals surface area contributed by atoms with Gasteiger partial charge in [-0.1, -0.05) is 29.8 Å². The van der Waals surface area contributed by atoms with E-state index < -0.39 is 5.97 Å². The maximum atomic E-state index is 12.3. The number of ether oxygens (including phenoxy) is 1. The number of hydrogen-bond donors (Lipinski definition) is 2. The van der Waals surface area contributed by atoms with Crippen molar-refractivity contribution in [2.24, 2.45) is 5.73 Å². The first kappa shape index (κ1) is 21.3. The standard InChI is InChI=1S/C23H23ClN4O2/c1-13-6-5-7-14(2)20(13)21(15(3)25)22-27-18(23(29)30-4)12-19(28-22)26-17-10-8-16(24)9-11-17/h5-12H,25H2,1-4H3,(H,26,27,28). The summed E-state index contributed by atoms with van der Waals surface area (Å²) < 4.78 is 4.88. The largest absolute Gasteiger partial charge is 0.464 e. The summed E-state index contributed by atoms with van der Waals surface area (Å²) in [5.41, 5.74) is 11.4. The predicted octanol–water partition coefficient (Wildman–Crippen LogP) is 5.02. The third-order valence-electron chi connectivity index (χ3n) is 4.59. The molecule has 3 N–H and O–H groups in total. The quantitative estimate of drug-likeness (QED) is 0.561. The number of rotatable bonds is 5. The number of nitrogens with zero attached hydrogens (tertiary/aromatic N) is 2. The minimum Gasteiger partial charge on any atom is -0.464 e. The zero-order chi connectivity index (χ0) is 21.8. The SMILES string of the molecule is COC(=O)c1cc(Nc2ccc(Cl)cc2)nc(C(=C(C)N)c2c(C)cccc2C)n1. The Morgan fingerprint density at radius 1 is 1.07 bits per heavy atom. The van der Waals surface area contributed by atoms with Gasteiger partial charge < -0.3 is 15.8 Å². The van der Waals surface area contributed by atoms with Gasteiger partial charge in [0, 0.05) is 28.0 Å². The zero-order valence-corrected chi connectivity index (χ0v) is 18.0. The molecule has 0 atom stereocenters. The van der Waals surface area contributed by atoms with E-state index in [1.54, 1.807) is 19.1 Å². The number of halogens is 1. The van der Waals surface area contributed by atoms with E-state index in [1.807, 2.05) is 44.2 Å². The van der Waals surface area contributed by atoms with Crippen molar-refractivity contribution in [1.82, 2.24) is 9.97 Å². The Labute approximate surface area is 180 Å². The zero-order valence-electron chi connectivity index (χ0n) is 17.3. The molecule has 0 unspecified atom stereocenters. The number of aryl methyl sites for hydroxylation is 2. The maximum absolute atomic E-state index is 12.3. The van der Waals surface area contributed by atoms with Gasteiger partial charge in [-0.25, -0.2) is 14.8 Å². The first-order chi connectivity index (χ1) is 14.3. The number of hydrogen-bond acceptors (Lipinski definition) is 6. The lowest BCUT2D eigenvalue weighted by atomic mass is 9.94. The molecule has 0 saturated heterocycles. The molecule has 0 spiro atoms. The number of aromatic nitrogens is 2. The van der Waals surface area contributed by atoms with Gasteiger partial charge in [-0.15, -0.1) is 0 Å². The Kier molecular flexibility index (Phi) is 6.37. The lowest BCUT2D eigenvalue weighted by Gasteiger charge is -2.16. The molecule has 1 aromatic heterocycles. The second kappa shape index (κ2) is 8.97. The van der Waals surface area contributed by atoms with Gasteiger partial charge in [0.1, 0.15) is 5.82 Å². The first-order valence-electron chi connectivity index (χ1n) is 9.33. The smallest absolute Gasteiger partial charge is 0.356 e. The number of anilines is 2. The van der Waals surface area contributed by atoms with Gasteiger partial charge in [-0.05, 0) is 61.7 Å².